The Morgan fingerprint density at radius 1 is 1.56 bits per heavy atom. The van der Waals surface area contributed by atoms with Crippen molar-refractivity contribution in [2.75, 3.05) is 32.5 Å². The molecule has 1 rings (SSSR count). The van der Waals surface area contributed by atoms with Crippen LogP contribution in [0.2, 0.25) is 0 Å². The summed E-state index contributed by atoms with van der Waals surface area (Å²) in [4.78, 5) is 20.2. The third kappa shape index (κ3) is 4.22. The molecule has 0 aromatic carbocycles. The molecular weight excluding hydrogens is 208 g/mol. The molecule has 0 unspecified atom stereocenters. The fourth-order valence-corrected chi connectivity index (χ4v) is 1.17. The van der Waals surface area contributed by atoms with E-state index in [1.807, 2.05) is 14.1 Å². The fraction of sp³-hybridized carbons (Fsp3) is 0.500. The first-order chi connectivity index (χ1) is 7.59. The minimum absolute atomic E-state index is 0.183. The van der Waals surface area contributed by atoms with E-state index in [2.05, 4.69) is 20.2 Å². The van der Waals surface area contributed by atoms with Gasteiger partial charge in [0.2, 0.25) is 5.82 Å². The van der Waals surface area contributed by atoms with E-state index in [0.717, 1.165) is 19.5 Å². The van der Waals surface area contributed by atoms with Crippen LogP contribution in [-0.2, 0) is 0 Å². The van der Waals surface area contributed by atoms with Crippen LogP contribution in [0.4, 0.5) is 5.82 Å². The van der Waals surface area contributed by atoms with E-state index in [1.54, 1.807) is 6.07 Å². The van der Waals surface area contributed by atoms with Crippen molar-refractivity contribution in [3.63, 3.8) is 0 Å². The highest BCUT2D eigenvalue weighted by Crippen LogP contribution is 2.01. The van der Waals surface area contributed by atoms with Gasteiger partial charge in [0.15, 0.2) is 0 Å². The van der Waals surface area contributed by atoms with Gasteiger partial charge in [0.05, 0.1) is 0 Å². The molecule has 0 spiro atoms. The highest BCUT2D eigenvalue weighted by molar-refractivity contribution is 5.83. The summed E-state index contributed by atoms with van der Waals surface area (Å²) in [5.74, 6) is -0.749. The van der Waals surface area contributed by atoms with E-state index in [9.17, 15) is 4.79 Å². The van der Waals surface area contributed by atoms with Gasteiger partial charge in [-0.3, -0.25) is 0 Å². The maximum atomic E-state index is 10.6. The van der Waals surface area contributed by atoms with Gasteiger partial charge in [-0.05, 0) is 33.1 Å². The van der Waals surface area contributed by atoms with Crippen molar-refractivity contribution in [2.24, 2.45) is 0 Å². The first-order valence-corrected chi connectivity index (χ1v) is 5.04. The lowest BCUT2D eigenvalue weighted by Crippen LogP contribution is -2.17. The number of anilines is 1. The molecule has 88 valence electrons. The first kappa shape index (κ1) is 12.4. The summed E-state index contributed by atoms with van der Waals surface area (Å²) >= 11 is 0. The zero-order valence-corrected chi connectivity index (χ0v) is 9.47. The molecule has 0 aliphatic rings. The molecule has 2 N–H and O–H groups in total. The summed E-state index contributed by atoms with van der Waals surface area (Å²) in [6.07, 6.45) is 2.41. The number of aromatic nitrogens is 2. The van der Waals surface area contributed by atoms with Crippen LogP contribution in [0.25, 0.3) is 0 Å². The molecule has 0 aliphatic carbocycles. The molecule has 0 amide bonds. The monoisotopic (exact) mass is 224 g/mol. The van der Waals surface area contributed by atoms with E-state index in [-0.39, 0.29) is 5.82 Å². The lowest BCUT2D eigenvalue weighted by molar-refractivity contribution is 0.0683. The Hall–Kier alpha value is -1.69. The second-order valence-corrected chi connectivity index (χ2v) is 3.65. The number of nitrogens with zero attached hydrogens (tertiary/aromatic N) is 3. The van der Waals surface area contributed by atoms with Crippen molar-refractivity contribution in [3.8, 4) is 0 Å². The number of aromatic carboxylic acids is 1. The van der Waals surface area contributed by atoms with Crippen molar-refractivity contribution in [1.82, 2.24) is 14.9 Å². The van der Waals surface area contributed by atoms with Gasteiger partial charge in [-0.25, -0.2) is 14.8 Å². The van der Waals surface area contributed by atoms with Gasteiger partial charge < -0.3 is 15.3 Å². The predicted molar refractivity (Wildman–Crippen MR) is 60.7 cm³/mol. The standard InChI is InChI=1S/C10H16N4O2/c1-14(2)7-3-5-11-8-4-6-12-9(13-8)10(15)16/h4,6H,3,5,7H2,1-2H3,(H,15,16)(H,11,12,13). The zero-order valence-electron chi connectivity index (χ0n) is 9.47. The minimum Gasteiger partial charge on any atom is -0.475 e. The lowest BCUT2D eigenvalue weighted by Gasteiger charge is -2.10. The Morgan fingerprint density at radius 2 is 2.31 bits per heavy atom. The molecule has 6 heteroatoms. The lowest BCUT2D eigenvalue weighted by atomic mass is 10.4. The number of hydrogen-bond donors (Lipinski definition) is 2. The molecule has 16 heavy (non-hydrogen) atoms. The maximum absolute atomic E-state index is 10.6. The van der Waals surface area contributed by atoms with Crippen molar-refractivity contribution < 1.29 is 9.90 Å². The van der Waals surface area contributed by atoms with E-state index in [0.29, 0.717) is 5.82 Å². The van der Waals surface area contributed by atoms with Gasteiger partial charge >= 0.3 is 5.97 Å². The quantitative estimate of drug-likeness (QED) is 0.687. The highest BCUT2D eigenvalue weighted by Gasteiger charge is 2.06. The van der Waals surface area contributed by atoms with E-state index >= 15 is 0 Å². The zero-order chi connectivity index (χ0) is 12.0. The molecule has 6 nitrogen and oxygen atoms in total. The molecule has 0 bridgehead atoms. The van der Waals surface area contributed by atoms with E-state index in [1.165, 1.54) is 6.20 Å². The van der Waals surface area contributed by atoms with Gasteiger partial charge in [0, 0.05) is 12.7 Å². The van der Waals surface area contributed by atoms with Crippen molar-refractivity contribution in [3.05, 3.63) is 18.1 Å². The van der Waals surface area contributed by atoms with E-state index < -0.39 is 5.97 Å². The summed E-state index contributed by atoms with van der Waals surface area (Å²) in [5.41, 5.74) is 0. The van der Waals surface area contributed by atoms with Crippen LogP contribution in [0, 0.1) is 0 Å². The van der Waals surface area contributed by atoms with Gasteiger partial charge in [-0.1, -0.05) is 0 Å². The fourth-order valence-electron chi connectivity index (χ4n) is 1.17. The van der Waals surface area contributed by atoms with Crippen molar-refractivity contribution in [2.45, 2.75) is 6.42 Å². The number of carbonyl (C=O) groups is 1. The average molecular weight is 224 g/mol. The molecule has 0 radical (unpaired) electrons. The van der Waals surface area contributed by atoms with Gasteiger partial charge in [0.25, 0.3) is 0 Å². The van der Waals surface area contributed by atoms with Gasteiger partial charge in [0.1, 0.15) is 5.82 Å². The molecule has 1 heterocycles. The second kappa shape index (κ2) is 6.02. The summed E-state index contributed by atoms with van der Waals surface area (Å²) in [7, 11) is 4.01. The maximum Gasteiger partial charge on any atom is 0.374 e. The van der Waals surface area contributed by atoms with Crippen molar-refractivity contribution in [1.29, 1.82) is 0 Å². The number of carboxylic acids is 1. The number of hydrogen-bond acceptors (Lipinski definition) is 5. The Morgan fingerprint density at radius 3 is 2.94 bits per heavy atom. The molecule has 0 atom stereocenters. The largest absolute Gasteiger partial charge is 0.475 e. The summed E-state index contributed by atoms with van der Waals surface area (Å²) in [6.45, 7) is 1.73. The van der Waals surface area contributed by atoms with Gasteiger partial charge in [-0.2, -0.15) is 0 Å². The molecule has 1 aromatic heterocycles. The SMILES string of the molecule is CN(C)CCCNc1ccnc(C(=O)O)n1. The predicted octanol–water partition coefficient (Wildman–Crippen LogP) is 0.538. The average Bonchev–Trinajstić information content (AvgIpc) is 2.24. The van der Waals surface area contributed by atoms with Crippen LogP contribution in [-0.4, -0.2) is 53.1 Å². The second-order valence-electron chi connectivity index (χ2n) is 3.65. The third-order valence-corrected chi connectivity index (χ3v) is 1.94. The minimum atomic E-state index is -1.11. The van der Waals surface area contributed by atoms with Gasteiger partial charge in [-0.15, -0.1) is 0 Å². The Bertz CT molecular complexity index is 354. The first-order valence-electron chi connectivity index (χ1n) is 5.04. The summed E-state index contributed by atoms with van der Waals surface area (Å²) < 4.78 is 0. The Kier molecular flexibility index (Phi) is 4.65. The van der Waals surface area contributed by atoms with Crippen LogP contribution in [0.1, 0.15) is 17.0 Å². The molecule has 0 saturated carbocycles. The highest BCUT2D eigenvalue weighted by atomic mass is 16.4. The molecule has 0 aliphatic heterocycles. The topological polar surface area (TPSA) is 78.4 Å². The van der Waals surface area contributed by atoms with Crippen LogP contribution in [0.3, 0.4) is 0 Å². The third-order valence-electron chi connectivity index (χ3n) is 1.94. The normalized spacial score (nSPS) is 10.4. The number of carboxylic acid groups (broad SMARTS) is 1. The number of rotatable bonds is 6. The Labute approximate surface area is 94.3 Å². The van der Waals surface area contributed by atoms with Crippen molar-refractivity contribution >= 4 is 11.8 Å². The van der Waals surface area contributed by atoms with Crippen LogP contribution >= 0.6 is 0 Å². The smallest absolute Gasteiger partial charge is 0.374 e. The molecule has 0 fully saturated rings. The molecule has 1 aromatic rings. The molecular formula is C10H16N4O2. The van der Waals surface area contributed by atoms with Crippen LogP contribution in [0.5, 0.6) is 0 Å². The van der Waals surface area contributed by atoms with Crippen LogP contribution < -0.4 is 5.32 Å². The van der Waals surface area contributed by atoms with Crippen LogP contribution in [0.15, 0.2) is 12.3 Å². The molecule has 0 saturated heterocycles. The number of nitrogens with one attached hydrogen (secondary N) is 1. The van der Waals surface area contributed by atoms with E-state index in [4.69, 9.17) is 5.11 Å². The Balaban J connectivity index is 2.42. The summed E-state index contributed by atoms with van der Waals surface area (Å²) in [6, 6.07) is 1.65. The summed E-state index contributed by atoms with van der Waals surface area (Å²) in [5, 5.41) is 11.7.